The molecule has 0 saturated heterocycles. The standard InChI is InChI=1S/C22H44O2/c1-22(2,3)20-18-16-14-12-10-8-6-4-5-7-9-11-13-15-17-19-21(23)24/h4-20H2,1-3H3,(H,23,24). The van der Waals surface area contributed by atoms with Crippen molar-refractivity contribution in [2.75, 3.05) is 0 Å². The van der Waals surface area contributed by atoms with Crippen molar-refractivity contribution in [1.29, 1.82) is 0 Å². The molecule has 1 N–H and O–H groups in total. The molecule has 0 radical (unpaired) electrons. The summed E-state index contributed by atoms with van der Waals surface area (Å²) in [5.74, 6) is -0.653. The molecule has 0 aromatic rings. The van der Waals surface area contributed by atoms with E-state index in [-0.39, 0.29) is 0 Å². The minimum absolute atomic E-state index is 0.344. The Morgan fingerprint density at radius 2 is 0.875 bits per heavy atom. The van der Waals surface area contributed by atoms with Gasteiger partial charge in [0.1, 0.15) is 0 Å². The second-order valence-electron chi connectivity index (χ2n) is 8.76. The van der Waals surface area contributed by atoms with Gasteiger partial charge in [-0.2, -0.15) is 0 Å². The molecule has 0 heterocycles. The van der Waals surface area contributed by atoms with E-state index in [9.17, 15) is 4.79 Å². The fourth-order valence-corrected chi connectivity index (χ4v) is 3.23. The number of rotatable bonds is 17. The third-order valence-electron chi connectivity index (χ3n) is 4.82. The molecule has 0 atom stereocenters. The Hall–Kier alpha value is -0.530. The molecule has 144 valence electrons. The van der Waals surface area contributed by atoms with E-state index >= 15 is 0 Å². The quantitative estimate of drug-likeness (QED) is 0.275. The van der Waals surface area contributed by atoms with Gasteiger partial charge in [-0.15, -0.1) is 0 Å². The summed E-state index contributed by atoms with van der Waals surface area (Å²) in [6.45, 7) is 7.02. The highest BCUT2D eigenvalue weighted by molar-refractivity contribution is 5.66. The summed E-state index contributed by atoms with van der Waals surface area (Å²) in [7, 11) is 0. The lowest BCUT2D eigenvalue weighted by atomic mass is 9.89. The van der Waals surface area contributed by atoms with Crippen LogP contribution in [0.4, 0.5) is 0 Å². The summed E-state index contributed by atoms with van der Waals surface area (Å²) in [6.07, 6.45) is 21.6. The van der Waals surface area contributed by atoms with Crippen molar-refractivity contribution in [3.63, 3.8) is 0 Å². The van der Waals surface area contributed by atoms with Gasteiger partial charge in [-0.1, -0.05) is 111 Å². The van der Waals surface area contributed by atoms with Gasteiger partial charge >= 0.3 is 5.97 Å². The lowest BCUT2D eigenvalue weighted by Gasteiger charge is -2.17. The minimum atomic E-state index is -0.653. The molecular weight excluding hydrogens is 296 g/mol. The van der Waals surface area contributed by atoms with E-state index in [1.807, 2.05) is 0 Å². The average Bonchev–Trinajstić information content (AvgIpc) is 2.49. The highest BCUT2D eigenvalue weighted by Crippen LogP contribution is 2.22. The molecule has 0 fully saturated rings. The van der Waals surface area contributed by atoms with Gasteiger partial charge in [-0.25, -0.2) is 0 Å². The number of unbranched alkanes of at least 4 members (excludes halogenated alkanes) is 14. The van der Waals surface area contributed by atoms with Crippen LogP contribution in [0.25, 0.3) is 0 Å². The highest BCUT2D eigenvalue weighted by Gasteiger charge is 2.08. The van der Waals surface area contributed by atoms with Crippen molar-refractivity contribution in [3.8, 4) is 0 Å². The van der Waals surface area contributed by atoms with Crippen molar-refractivity contribution >= 4 is 5.97 Å². The number of carboxylic acid groups (broad SMARTS) is 1. The second kappa shape index (κ2) is 16.0. The van der Waals surface area contributed by atoms with Crippen LogP contribution in [-0.2, 0) is 4.79 Å². The van der Waals surface area contributed by atoms with Crippen LogP contribution in [0.3, 0.4) is 0 Å². The predicted octanol–water partition coefficient (Wildman–Crippen LogP) is 7.75. The van der Waals surface area contributed by atoms with Crippen molar-refractivity contribution in [2.45, 2.75) is 130 Å². The van der Waals surface area contributed by atoms with Gasteiger partial charge in [0.2, 0.25) is 0 Å². The molecule has 0 saturated carbocycles. The van der Waals surface area contributed by atoms with Crippen molar-refractivity contribution in [3.05, 3.63) is 0 Å². The molecule has 0 unspecified atom stereocenters. The molecule has 0 aliphatic heterocycles. The molecule has 2 heteroatoms. The number of aliphatic carboxylic acids is 1. The number of carbonyl (C=O) groups is 1. The molecule has 0 rings (SSSR count). The van der Waals surface area contributed by atoms with Crippen LogP contribution in [0.2, 0.25) is 0 Å². The Bertz CT molecular complexity index is 278. The fourth-order valence-electron chi connectivity index (χ4n) is 3.23. The summed E-state index contributed by atoms with van der Waals surface area (Å²) < 4.78 is 0. The van der Waals surface area contributed by atoms with E-state index in [1.54, 1.807) is 0 Å². The first-order valence-corrected chi connectivity index (χ1v) is 10.6. The van der Waals surface area contributed by atoms with Crippen LogP contribution in [0, 0.1) is 5.41 Å². The summed E-state index contributed by atoms with van der Waals surface area (Å²) in [5, 5.41) is 8.56. The van der Waals surface area contributed by atoms with Gasteiger partial charge in [0.05, 0.1) is 0 Å². The molecule has 0 amide bonds. The van der Waals surface area contributed by atoms with Gasteiger partial charge in [0.15, 0.2) is 0 Å². The Labute approximate surface area is 151 Å². The molecule has 0 aromatic heterocycles. The first-order chi connectivity index (χ1) is 11.4. The third-order valence-corrected chi connectivity index (χ3v) is 4.82. The van der Waals surface area contributed by atoms with Gasteiger partial charge in [0.25, 0.3) is 0 Å². The van der Waals surface area contributed by atoms with Crippen LogP contribution in [0.15, 0.2) is 0 Å². The van der Waals surface area contributed by atoms with E-state index in [1.165, 1.54) is 89.9 Å². The topological polar surface area (TPSA) is 37.3 Å². The Kier molecular flexibility index (Phi) is 15.6. The van der Waals surface area contributed by atoms with E-state index in [2.05, 4.69) is 20.8 Å². The fraction of sp³-hybridized carbons (Fsp3) is 0.955. The number of carboxylic acids is 1. The zero-order chi connectivity index (χ0) is 18.1. The SMILES string of the molecule is CC(C)(C)CCCCCCCCCCCCCCCCCC(=O)O. The van der Waals surface area contributed by atoms with Gasteiger partial charge < -0.3 is 5.11 Å². The Balaban J connectivity index is 3.04. The van der Waals surface area contributed by atoms with E-state index in [0.717, 1.165) is 12.8 Å². The minimum Gasteiger partial charge on any atom is -0.481 e. The number of hydrogen-bond donors (Lipinski definition) is 1. The smallest absolute Gasteiger partial charge is 0.303 e. The Morgan fingerprint density at radius 1 is 0.583 bits per heavy atom. The van der Waals surface area contributed by atoms with Gasteiger partial charge in [-0.3, -0.25) is 4.79 Å². The van der Waals surface area contributed by atoms with Crippen LogP contribution >= 0.6 is 0 Å². The summed E-state index contributed by atoms with van der Waals surface area (Å²) in [4.78, 5) is 10.4. The normalized spacial score (nSPS) is 11.8. The first kappa shape index (κ1) is 23.5. The second-order valence-corrected chi connectivity index (χ2v) is 8.76. The van der Waals surface area contributed by atoms with Crippen molar-refractivity contribution in [2.24, 2.45) is 5.41 Å². The highest BCUT2D eigenvalue weighted by atomic mass is 16.4. The maximum atomic E-state index is 10.4. The van der Waals surface area contributed by atoms with Crippen molar-refractivity contribution in [1.82, 2.24) is 0 Å². The van der Waals surface area contributed by atoms with Crippen LogP contribution in [0.5, 0.6) is 0 Å². The zero-order valence-electron chi connectivity index (χ0n) is 16.9. The predicted molar refractivity (Wildman–Crippen MR) is 106 cm³/mol. The summed E-state index contributed by atoms with van der Waals surface area (Å²) in [5.41, 5.74) is 0.512. The van der Waals surface area contributed by atoms with Crippen LogP contribution < -0.4 is 0 Å². The maximum absolute atomic E-state index is 10.4. The molecule has 0 aliphatic carbocycles. The molecular formula is C22H44O2. The molecule has 0 bridgehead atoms. The van der Waals surface area contributed by atoms with E-state index in [0.29, 0.717) is 11.8 Å². The van der Waals surface area contributed by atoms with Crippen LogP contribution in [0.1, 0.15) is 130 Å². The summed E-state index contributed by atoms with van der Waals surface area (Å²) >= 11 is 0. The molecule has 0 spiro atoms. The lowest BCUT2D eigenvalue weighted by Crippen LogP contribution is -2.03. The third kappa shape index (κ3) is 21.5. The zero-order valence-corrected chi connectivity index (χ0v) is 16.9. The Morgan fingerprint density at radius 3 is 1.17 bits per heavy atom. The van der Waals surface area contributed by atoms with Crippen molar-refractivity contribution < 1.29 is 9.90 Å². The average molecular weight is 341 g/mol. The van der Waals surface area contributed by atoms with Gasteiger partial charge in [0, 0.05) is 6.42 Å². The largest absolute Gasteiger partial charge is 0.481 e. The lowest BCUT2D eigenvalue weighted by molar-refractivity contribution is -0.137. The van der Waals surface area contributed by atoms with E-state index < -0.39 is 5.97 Å². The molecule has 2 nitrogen and oxygen atoms in total. The summed E-state index contributed by atoms with van der Waals surface area (Å²) in [6, 6.07) is 0. The molecule has 0 aliphatic rings. The van der Waals surface area contributed by atoms with E-state index in [4.69, 9.17) is 5.11 Å². The van der Waals surface area contributed by atoms with Crippen LogP contribution in [-0.4, -0.2) is 11.1 Å². The monoisotopic (exact) mass is 340 g/mol. The maximum Gasteiger partial charge on any atom is 0.303 e. The number of hydrogen-bond acceptors (Lipinski definition) is 1. The molecule has 0 aromatic carbocycles. The first-order valence-electron chi connectivity index (χ1n) is 10.6. The molecule has 24 heavy (non-hydrogen) atoms. The van der Waals surface area contributed by atoms with Gasteiger partial charge in [-0.05, 0) is 18.3 Å².